The van der Waals surface area contributed by atoms with Gasteiger partial charge in [-0.1, -0.05) is 18.2 Å². The van der Waals surface area contributed by atoms with Crippen molar-refractivity contribution in [3.8, 4) is 5.69 Å². The smallest absolute Gasteiger partial charge is 0.329 e. The first-order valence-corrected chi connectivity index (χ1v) is 9.43. The third-order valence-corrected chi connectivity index (χ3v) is 4.88. The summed E-state index contributed by atoms with van der Waals surface area (Å²) < 4.78 is 3.03. The second-order valence-corrected chi connectivity index (χ2v) is 7.08. The summed E-state index contributed by atoms with van der Waals surface area (Å²) in [5.41, 5.74) is 1.31. The molecule has 0 saturated carbocycles. The number of aryl methyl sites for hydroxylation is 2. The molecule has 10 heteroatoms. The van der Waals surface area contributed by atoms with Crippen LogP contribution in [-0.2, 0) is 24.8 Å². The standard InChI is InChI=1S/C20H21N7O3/c1-25(11-13-10-21-27(12-13)14-6-4-3-5-7-14)16(28)9-8-15-22-17-18(23-15)26(2)20(30)24-19(17)29/h3-7,10,12H,8-9,11H2,1-2H3,(H,22,23)(H,24,29,30). The van der Waals surface area contributed by atoms with E-state index in [1.165, 1.54) is 11.6 Å². The van der Waals surface area contributed by atoms with Crippen molar-refractivity contribution in [1.82, 2.24) is 34.2 Å². The molecule has 1 aromatic carbocycles. The maximum absolute atomic E-state index is 12.5. The summed E-state index contributed by atoms with van der Waals surface area (Å²) in [7, 11) is 3.26. The minimum absolute atomic E-state index is 0.0642. The number of carbonyl (C=O) groups excluding carboxylic acids is 1. The number of H-pyrrole nitrogens is 2. The molecular weight excluding hydrogens is 386 g/mol. The molecule has 0 radical (unpaired) electrons. The first-order valence-electron chi connectivity index (χ1n) is 9.43. The van der Waals surface area contributed by atoms with Crippen molar-refractivity contribution in [3.05, 3.63) is 75.0 Å². The molecule has 0 bridgehead atoms. The third kappa shape index (κ3) is 3.79. The number of benzene rings is 1. The zero-order chi connectivity index (χ0) is 21.3. The number of nitrogens with one attached hydrogen (secondary N) is 2. The van der Waals surface area contributed by atoms with E-state index in [1.54, 1.807) is 22.8 Å². The van der Waals surface area contributed by atoms with E-state index < -0.39 is 11.2 Å². The van der Waals surface area contributed by atoms with Crippen LogP contribution in [0.15, 0.2) is 52.3 Å². The number of fused-ring (bicyclic) bond motifs is 1. The number of nitrogens with zero attached hydrogens (tertiary/aromatic N) is 5. The lowest BCUT2D eigenvalue weighted by molar-refractivity contribution is -0.130. The summed E-state index contributed by atoms with van der Waals surface area (Å²) in [5, 5.41) is 4.34. The van der Waals surface area contributed by atoms with Gasteiger partial charge in [-0.25, -0.2) is 14.5 Å². The highest BCUT2D eigenvalue weighted by Crippen LogP contribution is 2.11. The van der Waals surface area contributed by atoms with Crippen LogP contribution < -0.4 is 11.2 Å². The Hall–Kier alpha value is -3.95. The lowest BCUT2D eigenvalue weighted by atomic mass is 10.2. The van der Waals surface area contributed by atoms with Crippen molar-refractivity contribution < 1.29 is 4.79 Å². The average Bonchev–Trinajstić information content (AvgIpc) is 3.38. The van der Waals surface area contributed by atoms with Gasteiger partial charge < -0.3 is 9.88 Å². The molecule has 0 atom stereocenters. The third-order valence-electron chi connectivity index (χ3n) is 4.88. The maximum Gasteiger partial charge on any atom is 0.329 e. The second kappa shape index (κ2) is 7.82. The van der Waals surface area contributed by atoms with Gasteiger partial charge in [0.25, 0.3) is 5.56 Å². The van der Waals surface area contributed by atoms with Crippen molar-refractivity contribution >= 4 is 17.1 Å². The first-order chi connectivity index (χ1) is 14.4. The van der Waals surface area contributed by atoms with Crippen LogP contribution in [0.4, 0.5) is 0 Å². The fraction of sp³-hybridized carbons (Fsp3) is 0.250. The van der Waals surface area contributed by atoms with Gasteiger partial charge in [0, 0.05) is 45.2 Å². The second-order valence-electron chi connectivity index (χ2n) is 7.08. The van der Waals surface area contributed by atoms with Crippen LogP contribution in [0.3, 0.4) is 0 Å². The Kier molecular flexibility index (Phi) is 5.05. The molecule has 0 aliphatic rings. The van der Waals surface area contributed by atoms with Crippen LogP contribution in [0.2, 0.25) is 0 Å². The number of hydrogen-bond donors (Lipinski definition) is 2. The monoisotopic (exact) mass is 407 g/mol. The molecule has 0 aliphatic carbocycles. The quantitative estimate of drug-likeness (QED) is 0.488. The Morgan fingerprint density at radius 2 is 1.93 bits per heavy atom. The number of aromatic nitrogens is 6. The molecule has 0 unspecified atom stereocenters. The van der Waals surface area contributed by atoms with E-state index in [0.29, 0.717) is 18.8 Å². The Balaban J connectivity index is 1.40. The number of carbonyl (C=O) groups is 1. The molecular formula is C20H21N7O3. The number of aromatic amines is 2. The Labute approximate surface area is 170 Å². The Bertz CT molecular complexity index is 1310. The number of hydrogen-bond acceptors (Lipinski definition) is 5. The molecule has 1 amide bonds. The molecule has 3 heterocycles. The lowest BCUT2D eigenvalue weighted by Gasteiger charge is -2.15. The van der Waals surface area contributed by atoms with Crippen LogP contribution in [-0.4, -0.2) is 47.2 Å². The van der Waals surface area contributed by atoms with Gasteiger partial charge in [0.2, 0.25) is 5.91 Å². The van der Waals surface area contributed by atoms with Crippen molar-refractivity contribution in [2.24, 2.45) is 7.05 Å². The molecule has 0 saturated heterocycles. The van der Waals surface area contributed by atoms with E-state index in [0.717, 1.165) is 11.3 Å². The number of imidazole rings is 1. The SMILES string of the molecule is CN(Cc1cnn(-c2ccccc2)c1)C(=O)CCc1nc2c([nH]1)c(=O)[nH]c(=O)n2C. The molecule has 3 aromatic heterocycles. The van der Waals surface area contributed by atoms with E-state index >= 15 is 0 Å². The highest BCUT2D eigenvalue weighted by atomic mass is 16.2. The highest BCUT2D eigenvalue weighted by Gasteiger charge is 2.14. The molecule has 0 aliphatic heterocycles. The zero-order valence-corrected chi connectivity index (χ0v) is 16.6. The molecule has 10 nitrogen and oxygen atoms in total. The number of amides is 1. The van der Waals surface area contributed by atoms with Crippen molar-refractivity contribution in [1.29, 1.82) is 0 Å². The first kappa shape index (κ1) is 19.4. The molecule has 0 spiro atoms. The van der Waals surface area contributed by atoms with Gasteiger partial charge in [0.05, 0.1) is 11.9 Å². The van der Waals surface area contributed by atoms with E-state index in [1.807, 2.05) is 36.5 Å². The highest BCUT2D eigenvalue weighted by molar-refractivity contribution is 5.76. The van der Waals surface area contributed by atoms with Crippen molar-refractivity contribution in [2.45, 2.75) is 19.4 Å². The van der Waals surface area contributed by atoms with Crippen LogP contribution >= 0.6 is 0 Å². The van der Waals surface area contributed by atoms with Gasteiger partial charge in [-0.3, -0.25) is 19.1 Å². The van der Waals surface area contributed by atoms with Crippen LogP contribution in [0, 0.1) is 0 Å². The lowest BCUT2D eigenvalue weighted by Crippen LogP contribution is -2.28. The van der Waals surface area contributed by atoms with Crippen molar-refractivity contribution in [2.75, 3.05) is 7.05 Å². The average molecular weight is 407 g/mol. The topological polar surface area (TPSA) is 122 Å². The van der Waals surface area contributed by atoms with Gasteiger partial charge >= 0.3 is 5.69 Å². The van der Waals surface area contributed by atoms with E-state index in [-0.39, 0.29) is 23.5 Å². The van der Waals surface area contributed by atoms with Gasteiger partial charge in [-0.2, -0.15) is 5.10 Å². The number of para-hydroxylation sites is 1. The number of rotatable bonds is 6. The van der Waals surface area contributed by atoms with Crippen LogP contribution in [0.25, 0.3) is 16.9 Å². The largest absolute Gasteiger partial charge is 0.341 e. The van der Waals surface area contributed by atoms with Gasteiger partial charge in [-0.15, -0.1) is 0 Å². The fourth-order valence-corrected chi connectivity index (χ4v) is 3.21. The molecule has 4 aromatic rings. The summed E-state index contributed by atoms with van der Waals surface area (Å²) in [6, 6.07) is 9.74. The zero-order valence-electron chi connectivity index (χ0n) is 16.6. The van der Waals surface area contributed by atoms with Crippen LogP contribution in [0.5, 0.6) is 0 Å². The predicted octanol–water partition coefficient (Wildman–Crippen LogP) is 0.727. The summed E-state index contributed by atoms with van der Waals surface area (Å²) in [4.78, 5) is 47.1. The van der Waals surface area contributed by atoms with Crippen LogP contribution in [0.1, 0.15) is 17.8 Å². The fourth-order valence-electron chi connectivity index (χ4n) is 3.21. The normalized spacial score (nSPS) is 11.1. The minimum Gasteiger partial charge on any atom is -0.341 e. The van der Waals surface area contributed by atoms with Gasteiger partial charge in [0.1, 0.15) is 11.3 Å². The Morgan fingerprint density at radius 3 is 2.70 bits per heavy atom. The predicted molar refractivity (Wildman–Crippen MR) is 110 cm³/mol. The summed E-state index contributed by atoms with van der Waals surface area (Å²) >= 11 is 0. The Morgan fingerprint density at radius 1 is 1.17 bits per heavy atom. The molecule has 0 fully saturated rings. The van der Waals surface area contributed by atoms with E-state index in [9.17, 15) is 14.4 Å². The summed E-state index contributed by atoms with van der Waals surface area (Å²) in [5.74, 6) is 0.418. The summed E-state index contributed by atoms with van der Waals surface area (Å²) in [6.07, 6.45) is 4.18. The molecule has 154 valence electrons. The van der Waals surface area contributed by atoms with Gasteiger partial charge in [-0.05, 0) is 12.1 Å². The summed E-state index contributed by atoms with van der Waals surface area (Å²) in [6.45, 7) is 0.431. The van der Waals surface area contributed by atoms with E-state index in [2.05, 4.69) is 20.1 Å². The van der Waals surface area contributed by atoms with Gasteiger partial charge in [0.15, 0.2) is 5.65 Å². The molecule has 30 heavy (non-hydrogen) atoms. The van der Waals surface area contributed by atoms with E-state index in [4.69, 9.17) is 0 Å². The minimum atomic E-state index is -0.530. The molecule has 4 rings (SSSR count). The molecule has 2 N–H and O–H groups in total. The van der Waals surface area contributed by atoms with Crippen molar-refractivity contribution in [3.63, 3.8) is 0 Å². The maximum atomic E-state index is 12.5.